The molecule has 1 aromatic carbocycles. The molecular formula is C14H17O3U-. The van der Waals surface area contributed by atoms with Crippen LogP contribution in [0, 0.1) is 42.9 Å². The topological polar surface area (TPSA) is 38.7 Å². The summed E-state index contributed by atoms with van der Waals surface area (Å²) in [6.07, 6.45) is 2.37. The molecule has 3 nitrogen and oxygen atoms in total. The second kappa shape index (κ2) is 6.07. The van der Waals surface area contributed by atoms with Crippen LogP contribution < -0.4 is 0 Å². The Morgan fingerprint density at radius 3 is 2.78 bits per heavy atom. The van der Waals surface area contributed by atoms with Crippen LogP contribution in [0.25, 0.3) is 0 Å². The van der Waals surface area contributed by atoms with Crippen molar-refractivity contribution in [3.8, 4) is 0 Å². The van der Waals surface area contributed by atoms with E-state index in [1.54, 1.807) is 0 Å². The van der Waals surface area contributed by atoms with Gasteiger partial charge in [-0.05, 0) is 11.7 Å². The SMILES string of the molecule is OC1[CH-]CC2(COCc3ccccc3)COC12.[U]. The van der Waals surface area contributed by atoms with Gasteiger partial charge in [0.05, 0.1) is 25.9 Å². The predicted octanol–water partition coefficient (Wildman–Crippen LogP) is 1.56. The molecular weight excluding hydrogens is 454 g/mol. The third-order valence-corrected chi connectivity index (χ3v) is 3.73. The molecule has 96 valence electrons. The van der Waals surface area contributed by atoms with Crippen LogP contribution in [0.2, 0.25) is 0 Å². The molecule has 2 fully saturated rings. The van der Waals surface area contributed by atoms with E-state index < -0.39 is 6.10 Å². The molecule has 3 rings (SSSR count). The van der Waals surface area contributed by atoms with Gasteiger partial charge in [0, 0.05) is 36.5 Å². The Morgan fingerprint density at radius 1 is 1.39 bits per heavy atom. The monoisotopic (exact) mass is 471 g/mol. The van der Waals surface area contributed by atoms with E-state index in [2.05, 4.69) is 12.1 Å². The molecule has 0 amide bonds. The number of benzene rings is 1. The summed E-state index contributed by atoms with van der Waals surface area (Å²) in [7, 11) is 0. The number of aliphatic hydroxyl groups is 1. The van der Waals surface area contributed by atoms with Gasteiger partial charge in [0.1, 0.15) is 0 Å². The van der Waals surface area contributed by atoms with Crippen LogP contribution in [-0.4, -0.2) is 30.5 Å². The molecule has 18 heavy (non-hydrogen) atoms. The van der Waals surface area contributed by atoms with E-state index in [1.807, 2.05) is 24.6 Å². The van der Waals surface area contributed by atoms with E-state index in [-0.39, 0.29) is 42.6 Å². The first-order valence-corrected chi connectivity index (χ1v) is 6.05. The van der Waals surface area contributed by atoms with E-state index >= 15 is 0 Å². The van der Waals surface area contributed by atoms with Crippen LogP contribution in [-0.2, 0) is 16.1 Å². The van der Waals surface area contributed by atoms with Gasteiger partial charge in [0.15, 0.2) is 0 Å². The quantitative estimate of drug-likeness (QED) is 0.678. The van der Waals surface area contributed by atoms with Crippen molar-refractivity contribution >= 4 is 0 Å². The van der Waals surface area contributed by atoms with Crippen LogP contribution in [0.5, 0.6) is 0 Å². The smallest absolute Gasteiger partial charge is 0.0717 e. The number of ether oxygens (including phenoxy) is 2. The first-order chi connectivity index (χ1) is 8.30. The zero-order valence-electron chi connectivity index (χ0n) is 10.2. The van der Waals surface area contributed by atoms with Gasteiger partial charge in [-0.1, -0.05) is 30.3 Å². The van der Waals surface area contributed by atoms with Crippen molar-refractivity contribution in [2.75, 3.05) is 13.2 Å². The predicted molar refractivity (Wildman–Crippen MR) is 63.2 cm³/mol. The number of hydrogen-bond acceptors (Lipinski definition) is 3. The van der Waals surface area contributed by atoms with E-state index in [9.17, 15) is 5.11 Å². The molecule has 0 aromatic heterocycles. The Kier molecular flexibility index (Phi) is 4.91. The molecule has 3 atom stereocenters. The van der Waals surface area contributed by atoms with Crippen LogP contribution in [0.15, 0.2) is 30.3 Å². The van der Waals surface area contributed by atoms with Crippen molar-refractivity contribution < 1.29 is 45.7 Å². The van der Waals surface area contributed by atoms with Crippen molar-refractivity contribution in [3.05, 3.63) is 42.3 Å². The fourth-order valence-corrected chi connectivity index (χ4v) is 2.66. The van der Waals surface area contributed by atoms with E-state index in [0.29, 0.717) is 19.8 Å². The van der Waals surface area contributed by atoms with Crippen molar-refractivity contribution in [2.24, 2.45) is 5.41 Å². The maximum Gasteiger partial charge on any atom is 0.0717 e. The van der Waals surface area contributed by atoms with Crippen LogP contribution in [0.4, 0.5) is 0 Å². The van der Waals surface area contributed by atoms with E-state index in [1.165, 1.54) is 5.56 Å². The fraction of sp³-hybridized carbons (Fsp3) is 0.500. The summed E-state index contributed by atoms with van der Waals surface area (Å²) in [6, 6.07) is 10.1. The van der Waals surface area contributed by atoms with Gasteiger partial charge >= 0.3 is 0 Å². The van der Waals surface area contributed by atoms with Gasteiger partial charge < -0.3 is 14.6 Å². The molecule has 0 spiro atoms. The van der Waals surface area contributed by atoms with Crippen molar-refractivity contribution in [3.63, 3.8) is 0 Å². The minimum Gasteiger partial charge on any atom is -0.422 e. The van der Waals surface area contributed by atoms with Crippen molar-refractivity contribution in [2.45, 2.75) is 25.2 Å². The largest absolute Gasteiger partial charge is 0.422 e. The van der Waals surface area contributed by atoms with Crippen molar-refractivity contribution in [1.29, 1.82) is 0 Å². The molecule has 2 aliphatic rings. The van der Waals surface area contributed by atoms with Crippen LogP contribution in [0.1, 0.15) is 12.0 Å². The molecule has 1 N–H and O–H groups in total. The zero-order chi connectivity index (χ0) is 11.7. The first kappa shape index (κ1) is 14.6. The fourth-order valence-electron chi connectivity index (χ4n) is 2.66. The molecule has 4 heteroatoms. The number of aliphatic hydroxyl groups excluding tert-OH is 1. The molecule has 1 heterocycles. The zero-order valence-corrected chi connectivity index (χ0v) is 14.4. The average Bonchev–Trinajstić information content (AvgIpc) is 2.53. The number of fused-ring (bicyclic) bond motifs is 1. The average molecular weight is 471 g/mol. The van der Waals surface area contributed by atoms with Crippen molar-refractivity contribution in [1.82, 2.24) is 0 Å². The molecule has 3 unspecified atom stereocenters. The maximum absolute atomic E-state index is 9.66. The Labute approximate surface area is 131 Å². The van der Waals surface area contributed by atoms with Gasteiger partial charge in [0.2, 0.25) is 0 Å². The summed E-state index contributed by atoms with van der Waals surface area (Å²) < 4.78 is 11.2. The second-order valence-corrected chi connectivity index (χ2v) is 5.00. The molecule has 1 aromatic rings. The number of hydrogen-bond donors (Lipinski definition) is 1. The summed E-state index contributed by atoms with van der Waals surface area (Å²) >= 11 is 0. The second-order valence-electron chi connectivity index (χ2n) is 5.00. The van der Waals surface area contributed by atoms with Gasteiger partial charge in [0.25, 0.3) is 0 Å². The summed E-state index contributed by atoms with van der Waals surface area (Å²) in [5.41, 5.74) is 1.22. The van der Waals surface area contributed by atoms with Crippen LogP contribution >= 0.6 is 0 Å². The Balaban J connectivity index is 0.00000120. The molecule has 1 aliphatic heterocycles. The summed E-state index contributed by atoms with van der Waals surface area (Å²) in [4.78, 5) is 0. The minimum absolute atomic E-state index is 0. The number of rotatable bonds is 4. The summed E-state index contributed by atoms with van der Waals surface area (Å²) in [6.45, 7) is 2.01. The summed E-state index contributed by atoms with van der Waals surface area (Å²) in [5.74, 6) is 0. The molecule has 1 saturated heterocycles. The third-order valence-electron chi connectivity index (χ3n) is 3.73. The standard InChI is InChI=1S/C14H17O3.U/c15-12-6-7-14(10-17-13(12)14)9-16-8-11-4-2-1-3-5-11;/h1-6,12-13,15H,7-10H2;/q-1;. The Hall–Kier alpha value is 0.152. The summed E-state index contributed by atoms with van der Waals surface area (Å²) in [5, 5.41) is 9.66. The molecule has 0 radical (unpaired) electrons. The van der Waals surface area contributed by atoms with Gasteiger partial charge in [-0.3, -0.25) is 6.42 Å². The van der Waals surface area contributed by atoms with Gasteiger partial charge in [-0.25, -0.2) is 0 Å². The van der Waals surface area contributed by atoms with Crippen LogP contribution in [0.3, 0.4) is 0 Å². The van der Waals surface area contributed by atoms with Gasteiger partial charge in [-0.15, -0.1) is 0 Å². The Bertz CT molecular complexity index is 384. The Morgan fingerprint density at radius 2 is 2.17 bits per heavy atom. The molecule has 0 bridgehead atoms. The first-order valence-electron chi connectivity index (χ1n) is 6.05. The van der Waals surface area contributed by atoms with E-state index in [4.69, 9.17) is 9.47 Å². The minimum atomic E-state index is -0.413. The maximum atomic E-state index is 9.66. The van der Waals surface area contributed by atoms with Gasteiger partial charge in [-0.2, -0.15) is 6.42 Å². The third kappa shape index (κ3) is 2.69. The normalized spacial score (nSPS) is 33.4. The molecule has 1 saturated carbocycles. The van der Waals surface area contributed by atoms with E-state index in [0.717, 1.165) is 6.42 Å². The molecule has 1 aliphatic carbocycles.